The van der Waals surface area contributed by atoms with E-state index in [-0.39, 0.29) is 0 Å². The molecule has 45 heavy (non-hydrogen) atoms. The molecule has 0 atom stereocenters. The van der Waals surface area contributed by atoms with E-state index in [4.69, 9.17) is 4.42 Å². The van der Waals surface area contributed by atoms with Gasteiger partial charge < -0.3 is 9.32 Å². The third kappa shape index (κ3) is 3.68. The van der Waals surface area contributed by atoms with Crippen molar-refractivity contribution in [3.63, 3.8) is 0 Å². The van der Waals surface area contributed by atoms with Crippen LogP contribution in [0.25, 0.3) is 74.4 Å². The minimum atomic E-state index is 0.888. The molecule has 0 saturated carbocycles. The summed E-state index contributed by atoms with van der Waals surface area (Å²) in [5, 5.41) is 12.5. The lowest BCUT2D eigenvalue weighted by atomic mass is 9.94. The summed E-state index contributed by atoms with van der Waals surface area (Å²) in [4.78, 5) is 2.37. The van der Waals surface area contributed by atoms with Gasteiger partial charge in [0.2, 0.25) is 0 Å². The highest BCUT2D eigenvalue weighted by Crippen LogP contribution is 2.44. The van der Waals surface area contributed by atoms with Gasteiger partial charge in [0, 0.05) is 54.1 Å². The zero-order valence-corrected chi connectivity index (χ0v) is 25.0. The average Bonchev–Trinajstić information content (AvgIpc) is 3.66. The lowest BCUT2D eigenvalue weighted by molar-refractivity contribution is 0.669. The van der Waals surface area contributed by atoms with Crippen molar-refractivity contribution in [1.82, 2.24) is 0 Å². The Labute approximate surface area is 263 Å². The Morgan fingerprint density at radius 3 is 1.53 bits per heavy atom. The van der Waals surface area contributed by atoms with Crippen molar-refractivity contribution in [2.24, 2.45) is 0 Å². The maximum atomic E-state index is 6.38. The van der Waals surface area contributed by atoms with Crippen LogP contribution >= 0.6 is 11.3 Å². The van der Waals surface area contributed by atoms with Crippen LogP contribution in [0.4, 0.5) is 17.1 Å². The summed E-state index contributed by atoms with van der Waals surface area (Å²) in [6.07, 6.45) is 0. The van der Waals surface area contributed by atoms with Crippen molar-refractivity contribution in [3.8, 4) is 0 Å². The molecule has 0 radical (unpaired) electrons. The highest BCUT2D eigenvalue weighted by atomic mass is 32.1. The Hall–Kier alpha value is -5.64. The van der Waals surface area contributed by atoms with Gasteiger partial charge in [0.1, 0.15) is 11.2 Å². The molecule has 0 saturated heterocycles. The first kappa shape index (κ1) is 24.8. The van der Waals surface area contributed by atoms with Crippen molar-refractivity contribution in [2.75, 3.05) is 4.90 Å². The van der Waals surface area contributed by atoms with E-state index in [1.54, 1.807) is 0 Å². The van der Waals surface area contributed by atoms with Crippen LogP contribution in [0.15, 0.2) is 156 Å². The summed E-state index contributed by atoms with van der Waals surface area (Å²) >= 11 is 1.85. The van der Waals surface area contributed by atoms with Gasteiger partial charge in [-0.1, -0.05) is 97.1 Å². The molecule has 2 nitrogen and oxygen atoms in total. The SMILES string of the molecule is c1ccc2c(c1)oc1cc(N(c3ccc4c(c3)sc3ccccc34)c3ccc4c5ccccc5c5ccccc5c4c3)ccc12. The van der Waals surface area contributed by atoms with Gasteiger partial charge in [0.05, 0.1) is 0 Å². The van der Waals surface area contributed by atoms with E-state index >= 15 is 0 Å². The number of hydrogen-bond acceptors (Lipinski definition) is 3. The first-order valence-corrected chi connectivity index (χ1v) is 16.1. The van der Waals surface area contributed by atoms with Gasteiger partial charge in [-0.2, -0.15) is 0 Å². The number of benzene rings is 8. The number of anilines is 3. The van der Waals surface area contributed by atoms with Crippen LogP contribution in [0.3, 0.4) is 0 Å². The fraction of sp³-hybridized carbons (Fsp3) is 0. The monoisotopic (exact) mass is 591 g/mol. The van der Waals surface area contributed by atoms with Crippen molar-refractivity contribution in [3.05, 3.63) is 152 Å². The number of fused-ring (bicyclic) bond motifs is 12. The average molecular weight is 592 g/mol. The molecule has 0 aliphatic carbocycles. The summed E-state index contributed by atoms with van der Waals surface area (Å²) < 4.78 is 8.96. The third-order valence-corrected chi connectivity index (χ3v) is 10.4. The Bertz CT molecular complexity index is 2640. The van der Waals surface area contributed by atoms with Gasteiger partial charge in [-0.05, 0) is 80.8 Å². The summed E-state index contributed by atoms with van der Waals surface area (Å²) in [6.45, 7) is 0. The van der Waals surface area contributed by atoms with Crippen LogP contribution in [0, 0.1) is 0 Å². The van der Waals surface area contributed by atoms with E-state index in [0.717, 1.165) is 39.0 Å². The molecular formula is C42H25NOS. The lowest BCUT2D eigenvalue weighted by Crippen LogP contribution is -2.09. The summed E-state index contributed by atoms with van der Waals surface area (Å²) in [5.74, 6) is 0. The second kappa shape index (κ2) is 9.43. The summed E-state index contributed by atoms with van der Waals surface area (Å²) in [6, 6.07) is 54.9. The van der Waals surface area contributed by atoms with E-state index in [0.29, 0.717) is 0 Å². The number of hydrogen-bond donors (Lipinski definition) is 0. The Kier molecular flexibility index (Phi) is 5.19. The standard InChI is InChI=1S/C42H25NOS/c1-2-11-31-29(9-1)30-10-3-4-12-32(30)38-23-26(17-20-33(31)38)43(27-18-21-35-34-13-5-7-15-39(34)44-40(35)24-27)28-19-22-37-36-14-6-8-16-41(36)45-42(37)25-28/h1-25H. The highest BCUT2D eigenvalue weighted by Gasteiger charge is 2.18. The first-order chi connectivity index (χ1) is 22.3. The van der Waals surface area contributed by atoms with E-state index in [1.807, 2.05) is 23.5 Å². The molecule has 8 aromatic carbocycles. The number of rotatable bonds is 3. The summed E-state index contributed by atoms with van der Waals surface area (Å²) in [7, 11) is 0. The van der Waals surface area contributed by atoms with E-state index < -0.39 is 0 Å². The van der Waals surface area contributed by atoms with Gasteiger partial charge in [-0.25, -0.2) is 0 Å². The van der Waals surface area contributed by atoms with Crippen LogP contribution in [0.2, 0.25) is 0 Å². The predicted molar refractivity (Wildman–Crippen MR) is 194 cm³/mol. The zero-order chi connectivity index (χ0) is 29.5. The Morgan fingerprint density at radius 2 is 0.800 bits per heavy atom. The van der Waals surface area contributed by atoms with Gasteiger partial charge in [0.15, 0.2) is 0 Å². The number of para-hydroxylation sites is 1. The zero-order valence-electron chi connectivity index (χ0n) is 24.2. The molecular weight excluding hydrogens is 567 g/mol. The maximum absolute atomic E-state index is 6.38. The van der Waals surface area contributed by atoms with Crippen LogP contribution in [-0.2, 0) is 0 Å². The minimum Gasteiger partial charge on any atom is -0.456 e. The molecule has 210 valence electrons. The molecule has 10 rings (SSSR count). The summed E-state index contributed by atoms with van der Waals surface area (Å²) in [5.41, 5.74) is 5.09. The second-order valence-electron chi connectivity index (χ2n) is 11.7. The molecule has 2 aromatic heterocycles. The minimum absolute atomic E-state index is 0.888. The van der Waals surface area contributed by atoms with Crippen molar-refractivity contribution < 1.29 is 4.42 Å². The smallest absolute Gasteiger partial charge is 0.137 e. The topological polar surface area (TPSA) is 16.4 Å². The molecule has 0 spiro atoms. The number of nitrogens with zero attached hydrogens (tertiary/aromatic N) is 1. The molecule has 0 unspecified atom stereocenters. The van der Waals surface area contributed by atoms with Crippen LogP contribution in [0.5, 0.6) is 0 Å². The van der Waals surface area contributed by atoms with Gasteiger partial charge in [-0.15, -0.1) is 11.3 Å². The third-order valence-electron chi connectivity index (χ3n) is 9.23. The first-order valence-electron chi connectivity index (χ1n) is 15.3. The maximum Gasteiger partial charge on any atom is 0.137 e. The molecule has 0 amide bonds. The van der Waals surface area contributed by atoms with Crippen LogP contribution in [0.1, 0.15) is 0 Å². The molecule has 0 aliphatic heterocycles. The van der Waals surface area contributed by atoms with Gasteiger partial charge in [0.25, 0.3) is 0 Å². The van der Waals surface area contributed by atoms with Crippen LogP contribution in [-0.4, -0.2) is 0 Å². The van der Waals surface area contributed by atoms with Crippen molar-refractivity contribution >= 4 is 103 Å². The fourth-order valence-electron chi connectivity index (χ4n) is 7.19. The molecule has 0 fully saturated rings. The van der Waals surface area contributed by atoms with Gasteiger partial charge >= 0.3 is 0 Å². The Balaban J connectivity index is 1.25. The molecule has 0 aliphatic rings. The lowest BCUT2D eigenvalue weighted by Gasteiger charge is -2.26. The van der Waals surface area contributed by atoms with E-state index in [9.17, 15) is 0 Å². The molecule has 0 bridgehead atoms. The van der Waals surface area contributed by atoms with Crippen molar-refractivity contribution in [2.45, 2.75) is 0 Å². The van der Waals surface area contributed by atoms with Gasteiger partial charge in [-0.3, -0.25) is 0 Å². The highest BCUT2D eigenvalue weighted by molar-refractivity contribution is 7.25. The molecule has 10 aromatic rings. The van der Waals surface area contributed by atoms with E-state index in [2.05, 4.69) is 144 Å². The normalized spacial score (nSPS) is 12.0. The second-order valence-corrected chi connectivity index (χ2v) is 12.8. The molecule has 2 heterocycles. The molecule has 0 N–H and O–H groups in total. The van der Waals surface area contributed by atoms with Crippen molar-refractivity contribution in [1.29, 1.82) is 0 Å². The number of furan rings is 1. The van der Waals surface area contributed by atoms with Crippen LogP contribution < -0.4 is 4.90 Å². The predicted octanol–water partition coefficient (Wildman–Crippen LogP) is 12.9. The fourth-order valence-corrected chi connectivity index (χ4v) is 8.33. The van der Waals surface area contributed by atoms with E-state index in [1.165, 1.54) is 52.5 Å². The number of thiophene rings is 1. The quantitative estimate of drug-likeness (QED) is 0.190. The Morgan fingerprint density at radius 1 is 0.333 bits per heavy atom. The largest absolute Gasteiger partial charge is 0.456 e. The molecule has 3 heteroatoms.